The number of nitrogens with zero attached hydrogens (tertiary/aromatic N) is 3. The number of hydrogen-bond donors (Lipinski definition) is 3. The summed E-state index contributed by atoms with van der Waals surface area (Å²) in [7, 11) is 0. The van der Waals surface area contributed by atoms with E-state index in [1.807, 2.05) is 24.3 Å². The molecule has 0 unspecified atom stereocenters. The molecule has 0 saturated carbocycles. The molecule has 4 rings (SSSR count). The standard InChI is InChI=1S/C22H30N4O3/c27-16-20-22(28)21(19(29-20)15-23-14-17-6-4-5-9-24-17)26-12-10-25(11-13-26)18-7-2-1-3-8-18/h1-9,19-23,27-28H,10-16H2/t19-,20+,21+,22-/m1/s1. The highest BCUT2D eigenvalue weighted by molar-refractivity contribution is 5.46. The van der Waals surface area contributed by atoms with E-state index >= 15 is 0 Å². The monoisotopic (exact) mass is 398 g/mol. The van der Waals surface area contributed by atoms with E-state index in [4.69, 9.17) is 4.74 Å². The molecule has 3 heterocycles. The number of aromatic nitrogens is 1. The Labute approximate surface area is 171 Å². The molecule has 2 fully saturated rings. The molecule has 2 aliphatic rings. The highest BCUT2D eigenvalue weighted by Gasteiger charge is 2.46. The van der Waals surface area contributed by atoms with Gasteiger partial charge in [-0.25, -0.2) is 0 Å². The van der Waals surface area contributed by atoms with E-state index in [1.54, 1.807) is 6.20 Å². The van der Waals surface area contributed by atoms with Crippen molar-refractivity contribution < 1.29 is 14.9 Å². The Morgan fingerprint density at radius 1 is 1.00 bits per heavy atom. The molecule has 7 heteroatoms. The van der Waals surface area contributed by atoms with E-state index in [0.717, 1.165) is 31.9 Å². The molecule has 0 amide bonds. The minimum atomic E-state index is -0.690. The van der Waals surface area contributed by atoms with Gasteiger partial charge in [0.05, 0.1) is 24.4 Å². The van der Waals surface area contributed by atoms with Crippen LogP contribution in [0.2, 0.25) is 0 Å². The van der Waals surface area contributed by atoms with Crippen LogP contribution in [-0.4, -0.2) is 83.8 Å². The molecule has 0 radical (unpaired) electrons. The van der Waals surface area contributed by atoms with Crippen LogP contribution in [-0.2, 0) is 11.3 Å². The number of anilines is 1. The second kappa shape index (κ2) is 9.65. The number of aliphatic hydroxyl groups excluding tert-OH is 2. The number of pyridine rings is 1. The second-order valence-corrected chi connectivity index (χ2v) is 7.69. The Balaban J connectivity index is 1.36. The number of nitrogens with one attached hydrogen (secondary N) is 1. The maximum Gasteiger partial charge on any atom is 0.109 e. The van der Waals surface area contributed by atoms with E-state index in [0.29, 0.717) is 13.1 Å². The van der Waals surface area contributed by atoms with Crippen LogP contribution >= 0.6 is 0 Å². The van der Waals surface area contributed by atoms with Crippen LogP contribution in [0.25, 0.3) is 0 Å². The first-order chi connectivity index (χ1) is 14.3. The van der Waals surface area contributed by atoms with Crippen LogP contribution in [0, 0.1) is 0 Å². The predicted octanol–water partition coefficient (Wildman–Crippen LogP) is 0.483. The summed E-state index contributed by atoms with van der Waals surface area (Å²) in [5.41, 5.74) is 2.20. The van der Waals surface area contributed by atoms with Crippen molar-refractivity contribution in [3.63, 3.8) is 0 Å². The maximum absolute atomic E-state index is 10.8. The van der Waals surface area contributed by atoms with Gasteiger partial charge < -0.3 is 25.2 Å². The van der Waals surface area contributed by atoms with Gasteiger partial charge in [-0.2, -0.15) is 0 Å². The molecule has 2 aromatic rings. The Morgan fingerprint density at radius 3 is 2.45 bits per heavy atom. The highest BCUT2D eigenvalue weighted by atomic mass is 16.5. The molecule has 1 aromatic heterocycles. The molecule has 0 aliphatic carbocycles. The number of ether oxygens (including phenoxy) is 1. The Bertz CT molecular complexity index is 740. The van der Waals surface area contributed by atoms with Gasteiger partial charge in [-0.1, -0.05) is 24.3 Å². The number of hydrogen-bond acceptors (Lipinski definition) is 7. The molecule has 4 atom stereocenters. The van der Waals surface area contributed by atoms with Gasteiger partial charge in [-0.3, -0.25) is 9.88 Å². The predicted molar refractivity (Wildman–Crippen MR) is 112 cm³/mol. The molecule has 2 saturated heterocycles. The number of rotatable bonds is 7. The molecule has 3 N–H and O–H groups in total. The van der Waals surface area contributed by atoms with Crippen LogP contribution in [0.1, 0.15) is 5.69 Å². The van der Waals surface area contributed by atoms with E-state index < -0.39 is 12.2 Å². The fourth-order valence-corrected chi connectivity index (χ4v) is 4.36. The fraction of sp³-hybridized carbons (Fsp3) is 0.500. The Kier molecular flexibility index (Phi) is 6.74. The van der Waals surface area contributed by atoms with Gasteiger partial charge >= 0.3 is 0 Å². The quantitative estimate of drug-likeness (QED) is 0.626. The molecular weight excluding hydrogens is 368 g/mol. The van der Waals surface area contributed by atoms with Crippen molar-refractivity contribution in [3.8, 4) is 0 Å². The summed E-state index contributed by atoms with van der Waals surface area (Å²) >= 11 is 0. The van der Waals surface area contributed by atoms with Gasteiger partial charge in [-0.05, 0) is 24.3 Å². The van der Waals surface area contributed by atoms with Crippen molar-refractivity contribution in [2.24, 2.45) is 0 Å². The van der Waals surface area contributed by atoms with Crippen molar-refractivity contribution in [1.29, 1.82) is 0 Å². The maximum atomic E-state index is 10.8. The van der Waals surface area contributed by atoms with Gasteiger partial charge in [0.1, 0.15) is 12.2 Å². The third-order valence-electron chi connectivity index (χ3n) is 5.88. The average molecular weight is 399 g/mol. The minimum Gasteiger partial charge on any atom is -0.394 e. The SMILES string of the molecule is OC[C@@H]1O[C@H](CNCc2ccccn2)[C@H](N2CCN(c3ccccc3)CC2)[C@@H]1O. The molecule has 0 spiro atoms. The van der Waals surface area contributed by atoms with Crippen molar-refractivity contribution in [2.75, 3.05) is 44.2 Å². The minimum absolute atomic E-state index is 0.124. The van der Waals surface area contributed by atoms with Crippen LogP contribution < -0.4 is 10.2 Å². The number of benzene rings is 1. The van der Waals surface area contributed by atoms with Crippen molar-refractivity contribution in [1.82, 2.24) is 15.2 Å². The molecular formula is C22H30N4O3. The third-order valence-corrected chi connectivity index (χ3v) is 5.88. The lowest BCUT2D eigenvalue weighted by Crippen LogP contribution is -2.57. The van der Waals surface area contributed by atoms with Crippen LogP contribution in [0.3, 0.4) is 0 Å². The first kappa shape index (κ1) is 20.3. The lowest BCUT2D eigenvalue weighted by Gasteiger charge is -2.41. The summed E-state index contributed by atoms with van der Waals surface area (Å²) in [6.07, 6.45) is 0.386. The average Bonchev–Trinajstić information content (AvgIpc) is 3.10. The second-order valence-electron chi connectivity index (χ2n) is 7.69. The highest BCUT2D eigenvalue weighted by Crippen LogP contribution is 2.27. The summed E-state index contributed by atoms with van der Waals surface area (Å²) in [5, 5.41) is 23.8. The first-order valence-electron chi connectivity index (χ1n) is 10.4. The number of aliphatic hydroxyl groups is 2. The van der Waals surface area contributed by atoms with Gasteiger partial charge in [-0.15, -0.1) is 0 Å². The van der Waals surface area contributed by atoms with Crippen LogP contribution in [0.15, 0.2) is 54.7 Å². The molecule has 1 aromatic carbocycles. The smallest absolute Gasteiger partial charge is 0.109 e. The molecule has 156 valence electrons. The van der Waals surface area contributed by atoms with Gasteiger partial charge in [0.2, 0.25) is 0 Å². The zero-order valence-corrected chi connectivity index (χ0v) is 16.6. The van der Waals surface area contributed by atoms with Crippen molar-refractivity contribution >= 4 is 5.69 Å². The number of para-hydroxylation sites is 1. The van der Waals surface area contributed by atoms with Gasteiger partial charge in [0.15, 0.2) is 0 Å². The summed E-state index contributed by atoms with van der Waals surface area (Å²) in [6.45, 7) is 4.61. The largest absolute Gasteiger partial charge is 0.394 e. The fourth-order valence-electron chi connectivity index (χ4n) is 4.36. The summed E-state index contributed by atoms with van der Waals surface area (Å²) < 4.78 is 6.00. The third kappa shape index (κ3) is 4.76. The normalized spacial score (nSPS) is 28.0. The van der Waals surface area contributed by atoms with E-state index in [9.17, 15) is 10.2 Å². The zero-order chi connectivity index (χ0) is 20.1. The van der Waals surface area contributed by atoms with Gasteiger partial charge in [0.25, 0.3) is 0 Å². The van der Waals surface area contributed by atoms with E-state index in [-0.39, 0.29) is 18.8 Å². The summed E-state index contributed by atoms with van der Waals surface area (Å²) in [4.78, 5) is 9.01. The lowest BCUT2D eigenvalue weighted by molar-refractivity contribution is -0.0213. The Morgan fingerprint density at radius 2 is 1.76 bits per heavy atom. The summed E-state index contributed by atoms with van der Waals surface area (Å²) in [6, 6.07) is 16.1. The lowest BCUT2D eigenvalue weighted by atomic mass is 10.0. The van der Waals surface area contributed by atoms with Crippen molar-refractivity contribution in [3.05, 3.63) is 60.4 Å². The summed E-state index contributed by atoms with van der Waals surface area (Å²) in [5.74, 6) is 0. The molecule has 2 aliphatic heterocycles. The zero-order valence-electron chi connectivity index (χ0n) is 16.6. The van der Waals surface area contributed by atoms with Crippen LogP contribution in [0.4, 0.5) is 5.69 Å². The van der Waals surface area contributed by atoms with Gasteiger partial charge in [0, 0.05) is 51.2 Å². The Hall–Kier alpha value is -2.03. The molecule has 7 nitrogen and oxygen atoms in total. The van der Waals surface area contributed by atoms with E-state index in [2.05, 4.69) is 44.4 Å². The van der Waals surface area contributed by atoms with E-state index in [1.165, 1.54) is 5.69 Å². The van der Waals surface area contributed by atoms with Crippen LogP contribution in [0.5, 0.6) is 0 Å². The topological polar surface area (TPSA) is 81.1 Å². The first-order valence-corrected chi connectivity index (χ1v) is 10.4. The van der Waals surface area contributed by atoms with Crippen molar-refractivity contribution in [2.45, 2.75) is 30.9 Å². The number of piperazine rings is 1. The molecule has 29 heavy (non-hydrogen) atoms. The molecule has 0 bridgehead atoms.